The second kappa shape index (κ2) is 6.17. The van der Waals surface area contributed by atoms with Gasteiger partial charge in [0.25, 0.3) is 0 Å². The Balaban J connectivity index is 1.48. The quantitative estimate of drug-likeness (QED) is 0.850. The number of hydrogen-bond donors (Lipinski definition) is 0. The van der Waals surface area contributed by atoms with E-state index in [1.54, 1.807) is 11.3 Å². The summed E-state index contributed by atoms with van der Waals surface area (Å²) in [7, 11) is 0. The highest BCUT2D eigenvalue weighted by molar-refractivity contribution is 7.13. The first-order chi connectivity index (χ1) is 9.83. The fraction of sp³-hybridized carbons (Fsp3) is 0.500. The highest BCUT2D eigenvalue weighted by atomic mass is 32.1. The summed E-state index contributed by atoms with van der Waals surface area (Å²) in [5, 5.41) is 5.95. The largest absolute Gasteiger partial charge is 0.343 e. The van der Waals surface area contributed by atoms with Gasteiger partial charge in [0.1, 0.15) is 0 Å². The summed E-state index contributed by atoms with van der Waals surface area (Å²) in [6.07, 6.45) is 4.27. The van der Waals surface area contributed by atoms with Crippen molar-refractivity contribution in [2.75, 3.05) is 13.1 Å². The van der Waals surface area contributed by atoms with Gasteiger partial charge >= 0.3 is 0 Å². The monoisotopic (exact) mass is 291 g/mol. The van der Waals surface area contributed by atoms with E-state index < -0.39 is 0 Å². The van der Waals surface area contributed by atoms with Gasteiger partial charge < -0.3 is 9.42 Å². The third kappa shape index (κ3) is 3.07. The van der Waals surface area contributed by atoms with E-state index in [-0.39, 0.29) is 5.91 Å². The van der Waals surface area contributed by atoms with Gasteiger partial charge in [0.05, 0.1) is 4.88 Å². The van der Waals surface area contributed by atoms with Crippen LogP contribution in [0.25, 0.3) is 10.7 Å². The van der Waals surface area contributed by atoms with Gasteiger partial charge in [-0.25, -0.2) is 0 Å². The van der Waals surface area contributed by atoms with Crippen molar-refractivity contribution in [3.05, 3.63) is 23.4 Å². The van der Waals surface area contributed by atoms with E-state index in [1.807, 2.05) is 22.4 Å². The van der Waals surface area contributed by atoms with Crippen molar-refractivity contribution in [3.63, 3.8) is 0 Å². The molecule has 0 radical (unpaired) electrons. The Morgan fingerprint density at radius 1 is 1.40 bits per heavy atom. The number of aromatic nitrogens is 2. The average molecular weight is 291 g/mol. The summed E-state index contributed by atoms with van der Waals surface area (Å²) in [5.41, 5.74) is 0. The number of hydrogen-bond acceptors (Lipinski definition) is 5. The minimum Gasteiger partial charge on any atom is -0.343 e. The smallest absolute Gasteiger partial charge is 0.226 e. The zero-order valence-electron chi connectivity index (χ0n) is 11.2. The molecule has 0 spiro atoms. The van der Waals surface area contributed by atoms with E-state index >= 15 is 0 Å². The van der Waals surface area contributed by atoms with E-state index in [4.69, 9.17) is 4.52 Å². The summed E-state index contributed by atoms with van der Waals surface area (Å²) in [4.78, 5) is 19.2. The van der Waals surface area contributed by atoms with Gasteiger partial charge in [-0.1, -0.05) is 11.2 Å². The molecule has 1 saturated heterocycles. The first kappa shape index (κ1) is 13.3. The Morgan fingerprint density at radius 3 is 3.00 bits per heavy atom. The molecule has 3 heterocycles. The predicted molar refractivity (Wildman–Crippen MR) is 76.4 cm³/mol. The van der Waals surface area contributed by atoms with E-state index in [2.05, 4.69) is 10.1 Å². The van der Waals surface area contributed by atoms with Crippen LogP contribution in [0, 0.1) is 0 Å². The maximum atomic E-state index is 11.9. The van der Waals surface area contributed by atoms with Crippen LogP contribution in [0.3, 0.4) is 0 Å². The fourth-order valence-corrected chi connectivity index (χ4v) is 3.03. The highest BCUT2D eigenvalue weighted by Gasteiger charge is 2.17. The van der Waals surface area contributed by atoms with Crippen molar-refractivity contribution >= 4 is 17.2 Å². The topological polar surface area (TPSA) is 59.2 Å². The summed E-state index contributed by atoms with van der Waals surface area (Å²) in [6.45, 7) is 1.84. The SMILES string of the molecule is O=C(CCCc1nc(-c2cccs2)no1)N1CCCC1. The molecule has 106 valence electrons. The van der Waals surface area contributed by atoms with Crippen molar-refractivity contribution in [2.45, 2.75) is 32.1 Å². The zero-order valence-corrected chi connectivity index (χ0v) is 12.1. The Hall–Kier alpha value is -1.69. The Bertz CT molecular complexity index is 559. The minimum atomic E-state index is 0.250. The molecule has 1 aliphatic rings. The minimum absolute atomic E-state index is 0.250. The van der Waals surface area contributed by atoms with Gasteiger partial charge in [0, 0.05) is 25.9 Å². The zero-order chi connectivity index (χ0) is 13.8. The number of carbonyl (C=O) groups is 1. The second-order valence-corrected chi connectivity index (χ2v) is 5.88. The van der Waals surface area contributed by atoms with E-state index in [9.17, 15) is 4.79 Å². The molecule has 0 aromatic carbocycles. The van der Waals surface area contributed by atoms with Crippen LogP contribution in [0.15, 0.2) is 22.0 Å². The van der Waals surface area contributed by atoms with Crippen molar-refractivity contribution in [3.8, 4) is 10.7 Å². The maximum Gasteiger partial charge on any atom is 0.226 e. The molecule has 0 saturated carbocycles. The van der Waals surface area contributed by atoms with Gasteiger partial charge in [0.2, 0.25) is 17.6 Å². The van der Waals surface area contributed by atoms with Gasteiger partial charge in [-0.15, -0.1) is 11.3 Å². The van der Waals surface area contributed by atoms with Crippen LogP contribution in [-0.2, 0) is 11.2 Å². The highest BCUT2D eigenvalue weighted by Crippen LogP contribution is 2.21. The summed E-state index contributed by atoms with van der Waals surface area (Å²) in [5.74, 6) is 1.50. The lowest BCUT2D eigenvalue weighted by atomic mass is 10.2. The summed E-state index contributed by atoms with van der Waals surface area (Å²) in [6, 6.07) is 3.93. The number of nitrogens with zero attached hydrogens (tertiary/aromatic N) is 3. The first-order valence-corrected chi connectivity index (χ1v) is 7.85. The molecule has 0 bridgehead atoms. The normalized spacial score (nSPS) is 14.9. The fourth-order valence-electron chi connectivity index (χ4n) is 2.38. The standard InChI is InChI=1S/C14H17N3O2S/c18-13(17-8-1-2-9-17)7-3-6-12-15-14(16-19-12)11-5-4-10-20-11/h4-5,10H,1-3,6-9H2. The van der Waals surface area contributed by atoms with Crippen molar-refractivity contribution in [1.82, 2.24) is 15.0 Å². The molecule has 0 atom stereocenters. The van der Waals surface area contributed by atoms with Crippen LogP contribution in [0.5, 0.6) is 0 Å². The molecule has 20 heavy (non-hydrogen) atoms. The Kier molecular flexibility index (Phi) is 4.11. The lowest BCUT2D eigenvalue weighted by molar-refractivity contribution is -0.130. The van der Waals surface area contributed by atoms with Crippen molar-refractivity contribution in [1.29, 1.82) is 0 Å². The molecular weight excluding hydrogens is 274 g/mol. The predicted octanol–water partition coefficient (Wildman–Crippen LogP) is 2.74. The lowest BCUT2D eigenvalue weighted by Gasteiger charge is -2.14. The molecule has 1 fully saturated rings. The molecule has 6 heteroatoms. The molecule has 1 aliphatic heterocycles. The van der Waals surface area contributed by atoms with Gasteiger partial charge in [-0.2, -0.15) is 4.98 Å². The third-order valence-electron chi connectivity index (χ3n) is 3.45. The van der Waals surface area contributed by atoms with Gasteiger partial charge in [-0.05, 0) is 30.7 Å². The first-order valence-electron chi connectivity index (χ1n) is 6.97. The van der Waals surface area contributed by atoms with Crippen LogP contribution in [-0.4, -0.2) is 34.0 Å². The summed E-state index contributed by atoms with van der Waals surface area (Å²) < 4.78 is 5.22. The third-order valence-corrected chi connectivity index (χ3v) is 4.32. The van der Waals surface area contributed by atoms with Crippen LogP contribution < -0.4 is 0 Å². The van der Waals surface area contributed by atoms with E-state index in [0.29, 0.717) is 24.6 Å². The number of likely N-dealkylation sites (tertiary alicyclic amines) is 1. The number of thiophene rings is 1. The van der Waals surface area contributed by atoms with Gasteiger partial charge in [-0.3, -0.25) is 4.79 Å². The molecule has 3 rings (SSSR count). The van der Waals surface area contributed by atoms with Crippen molar-refractivity contribution in [2.24, 2.45) is 0 Å². The average Bonchev–Trinajstić information content (AvgIpc) is 3.20. The summed E-state index contributed by atoms with van der Waals surface area (Å²) >= 11 is 1.59. The molecule has 0 N–H and O–H groups in total. The molecule has 2 aromatic heterocycles. The molecule has 5 nitrogen and oxygen atoms in total. The van der Waals surface area contributed by atoms with Crippen LogP contribution in [0.2, 0.25) is 0 Å². The van der Waals surface area contributed by atoms with Gasteiger partial charge in [0.15, 0.2) is 0 Å². The number of rotatable bonds is 5. The van der Waals surface area contributed by atoms with Crippen LogP contribution in [0.4, 0.5) is 0 Å². The molecular formula is C14H17N3O2S. The second-order valence-electron chi connectivity index (χ2n) is 4.93. The van der Waals surface area contributed by atoms with E-state index in [1.165, 1.54) is 0 Å². The number of amides is 1. The molecule has 0 aliphatic carbocycles. The molecule has 2 aromatic rings. The number of aryl methyl sites for hydroxylation is 1. The van der Waals surface area contributed by atoms with E-state index in [0.717, 1.165) is 37.2 Å². The van der Waals surface area contributed by atoms with Crippen LogP contribution >= 0.6 is 11.3 Å². The Morgan fingerprint density at radius 2 is 2.25 bits per heavy atom. The van der Waals surface area contributed by atoms with Crippen molar-refractivity contribution < 1.29 is 9.32 Å². The maximum absolute atomic E-state index is 11.9. The molecule has 1 amide bonds. The van der Waals surface area contributed by atoms with Crippen LogP contribution in [0.1, 0.15) is 31.6 Å². The number of carbonyl (C=O) groups excluding carboxylic acids is 1. The lowest BCUT2D eigenvalue weighted by Crippen LogP contribution is -2.27. The molecule has 0 unspecified atom stereocenters. The Labute approximate surface area is 121 Å².